The van der Waals surface area contributed by atoms with E-state index in [0.717, 1.165) is 67.2 Å². The van der Waals surface area contributed by atoms with Gasteiger partial charge < -0.3 is 20.9 Å². The first kappa shape index (κ1) is 23.1. The maximum atomic E-state index is 13.7. The predicted molar refractivity (Wildman–Crippen MR) is 141 cm³/mol. The highest BCUT2D eigenvalue weighted by Gasteiger charge is 2.32. The summed E-state index contributed by atoms with van der Waals surface area (Å²) in [7, 11) is 0. The SMILES string of the molecule is Cc1cn2nc([C@@H]3CCCCN3C(=O)c3ccc(N4CNC=N4)cc3Cl)cc2nc1N1CC[C@H](N)C1. The average Bonchev–Trinajstić information content (AvgIpc) is 3.64. The summed E-state index contributed by atoms with van der Waals surface area (Å²) in [6.45, 7) is 5.02. The van der Waals surface area contributed by atoms with E-state index in [1.165, 1.54) is 0 Å². The van der Waals surface area contributed by atoms with Gasteiger partial charge in [0.1, 0.15) is 18.8 Å². The molecule has 188 valence electrons. The van der Waals surface area contributed by atoms with Crippen molar-refractivity contribution in [2.45, 2.75) is 44.7 Å². The second-order valence-electron chi connectivity index (χ2n) is 9.79. The highest BCUT2D eigenvalue weighted by atomic mass is 35.5. The number of carbonyl (C=O) groups excluding carboxylic acids is 1. The maximum absolute atomic E-state index is 13.7. The van der Waals surface area contributed by atoms with Gasteiger partial charge in [-0.2, -0.15) is 10.2 Å². The van der Waals surface area contributed by atoms with Crippen molar-refractivity contribution in [2.75, 3.05) is 36.2 Å². The van der Waals surface area contributed by atoms with Crippen LogP contribution >= 0.6 is 11.6 Å². The van der Waals surface area contributed by atoms with Gasteiger partial charge in [0.2, 0.25) is 0 Å². The molecule has 0 unspecified atom stereocenters. The van der Waals surface area contributed by atoms with E-state index in [0.29, 0.717) is 23.8 Å². The smallest absolute Gasteiger partial charge is 0.255 e. The van der Waals surface area contributed by atoms with Gasteiger partial charge in [0, 0.05) is 43.5 Å². The van der Waals surface area contributed by atoms with Crippen LogP contribution in [0.1, 0.15) is 53.3 Å². The van der Waals surface area contributed by atoms with Gasteiger partial charge in [-0.15, -0.1) is 0 Å². The number of halogens is 1. The number of hydrazone groups is 1. The van der Waals surface area contributed by atoms with Crippen molar-refractivity contribution in [1.29, 1.82) is 0 Å². The number of carbonyl (C=O) groups is 1. The van der Waals surface area contributed by atoms with E-state index >= 15 is 0 Å². The molecule has 3 aliphatic rings. The highest BCUT2D eigenvalue weighted by Crippen LogP contribution is 2.34. The first-order valence-electron chi connectivity index (χ1n) is 12.5. The zero-order valence-corrected chi connectivity index (χ0v) is 21.0. The van der Waals surface area contributed by atoms with Crippen molar-refractivity contribution in [3.63, 3.8) is 0 Å². The number of fused-ring (bicyclic) bond motifs is 1. The van der Waals surface area contributed by atoms with Crippen LogP contribution in [-0.2, 0) is 0 Å². The summed E-state index contributed by atoms with van der Waals surface area (Å²) in [6.07, 6.45) is 7.48. The van der Waals surface area contributed by atoms with Crippen molar-refractivity contribution in [1.82, 2.24) is 24.8 Å². The quantitative estimate of drug-likeness (QED) is 0.559. The molecule has 0 radical (unpaired) electrons. The lowest BCUT2D eigenvalue weighted by atomic mass is 9.98. The van der Waals surface area contributed by atoms with Gasteiger partial charge >= 0.3 is 0 Å². The third-order valence-electron chi connectivity index (χ3n) is 7.26. The first-order chi connectivity index (χ1) is 17.5. The van der Waals surface area contributed by atoms with Crippen LogP contribution in [0.4, 0.5) is 11.5 Å². The van der Waals surface area contributed by atoms with Crippen molar-refractivity contribution >= 4 is 41.0 Å². The minimum absolute atomic E-state index is 0.0766. The minimum Gasteiger partial charge on any atom is -0.356 e. The van der Waals surface area contributed by atoms with E-state index < -0.39 is 0 Å². The Hall–Kier alpha value is -3.37. The molecule has 11 heteroatoms. The molecule has 1 aromatic carbocycles. The molecule has 3 aromatic rings. The fraction of sp³-hybridized carbons (Fsp3) is 0.440. The molecule has 2 atom stereocenters. The molecule has 2 fully saturated rings. The minimum atomic E-state index is -0.125. The summed E-state index contributed by atoms with van der Waals surface area (Å²) >= 11 is 6.60. The Bertz CT molecular complexity index is 1340. The molecule has 0 spiro atoms. The van der Waals surface area contributed by atoms with Crippen LogP contribution in [0.5, 0.6) is 0 Å². The Morgan fingerprint density at radius 3 is 2.83 bits per heavy atom. The topological polar surface area (TPSA) is 107 Å². The molecule has 0 saturated carbocycles. The lowest BCUT2D eigenvalue weighted by molar-refractivity contribution is 0.0606. The Labute approximate surface area is 214 Å². The fourth-order valence-corrected chi connectivity index (χ4v) is 5.65. The number of amides is 1. The molecule has 2 saturated heterocycles. The number of likely N-dealkylation sites (tertiary alicyclic amines) is 1. The highest BCUT2D eigenvalue weighted by molar-refractivity contribution is 6.34. The molecule has 0 bridgehead atoms. The number of nitrogens with two attached hydrogens (primary N) is 1. The Morgan fingerprint density at radius 1 is 1.19 bits per heavy atom. The van der Waals surface area contributed by atoms with Crippen LogP contribution in [0.2, 0.25) is 5.02 Å². The van der Waals surface area contributed by atoms with Gasteiger partial charge in [-0.3, -0.25) is 4.79 Å². The predicted octanol–water partition coefficient (Wildman–Crippen LogP) is 2.91. The number of hydrogen-bond donors (Lipinski definition) is 2. The van der Waals surface area contributed by atoms with Gasteiger partial charge in [-0.1, -0.05) is 11.6 Å². The standard InChI is InChI=1S/C25H30ClN9O/c1-16-12-34-23(30-24(16)32-9-7-17(27)13-32)11-21(31-34)22-4-2-3-8-33(22)25(36)19-6-5-18(10-20(19)26)35-15-28-14-29-35/h5-6,10-12,14,17,22H,2-4,7-9,13,15,27H2,1H3,(H,28,29)/t17-,22-/m0/s1. The number of rotatable bonds is 4. The number of aryl methyl sites for hydroxylation is 1. The number of aromatic nitrogens is 3. The Kier molecular flexibility index (Phi) is 5.93. The number of anilines is 2. The zero-order valence-electron chi connectivity index (χ0n) is 20.3. The lowest BCUT2D eigenvalue weighted by Gasteiger charge is -2.35. The van der Waals surface area contributed by atoms with Gasteiger partial charge in [-0.05, 0) is 50.8 Å². The first-order valence-corrected chi connectivity index (χ1v) is 12.9. The van der Waals surface area contributed by atoms with Gasteiger partial charge in [0.25, 0.3) is 5.91 Å². The van der Waals surface area contributed by atoms with Gasteiger partial charge in [0.05, 0.1) is 28.0 Å². The molecule has 2 aromatic heterocycles. The second kappa shape index (κ2) is 9.25. The number of hydrogen-bond acceptors (Lipinski definition) is 8. The summed E-state index contributed by atoms with van der Waals surface area (Å²) in [5.74, 6) is 0.884. The zero-order chi connectivity index (χ0) is 24.8. The summed E-state index contributed by atoms with van der Waals surface area (Å²) in [6, 6.07) is 7.54. The molecule has 3 aliphatic heterocycles. The second-order valence-corrected chi connectivity index (χ2v) is 10.2. The van der Waals surface area contributed by atoms with Crippen molar-refractivity contribution in [3.8, 4) is 0 Å². The Morgan fingerprint density at radius 2 is 2.08 bits per heavy atom. The largest absolute Gasteiger partial charge is 0.356 e. The number of nitrogens with one attached hydrogen (secondary N) is 1. The molecule has 5 heterocycles. The molecular formula is C25H30ClN9O. The van der Waals surface area contributed by atoms with E-state index in [9.17, 15) is 4.79 Å². The van der Waals surface area contributed by atoms with Crippen LogP contribution in [0, 0.1) is 6.92 Å². The number of piperidine rings is 1. The molecule has 1 amide bonds. The van der Waals surface area contributed by atoms with Crippen molar-refractivity contribution < 1.29 is 4.79 Å². The molecule has 0 aliphatic carbocycles. The average molecular weight is 508 g/mol. The van der Waals surface area contributed by atoms with E-state index in [2.05, 4.69) is 22.2 Å². The third-order valence-corrected chi connectivity index (χ3v) is 7.58. The van der Waals surface area contributed by atoms with Crippen LogP contribution in [0.3, 0.4) is 0 Å². The van der Waals surface area contributed by atoms with Gasteiger partial charge in [-0.25, -0.2) is 14.5 Å². The number of benzene rings is 1. The monoisotopic (exact) mass is 507 g/mol. The number of nitrogens with zero attached hydrogens (tertiary/aromatic N) is 7. The molecular weight excluding hydrogens is 478 g/mol. The van der Waals surface area contributed by atoms with Gasteiger partial charge in [0.15, 0.2) is 5.65 Å². The van der Waals surface area contributed by atoms with Crippen molar-refractivity contribution in [2.24, 2.45) is 10.8 Å². The summed E-state index contributed by atoms with van der Waals surface area (Å²) < 4.78 is 1.83. The summed E-state index contributed by atoms with van der Waals surface area (Å²) in [5.41, 5.74) is 10.2. The summed E-state index contributed by atoms with van der Waals surface area (Å²) in [4.78, 5) is 22.8. The molecule has 10 nitrogen and oxygen atoms in total. The van der Waals surface area contributed by atoms with Crippen LogP contribution < -0.4 is 21.0 Å². The van der Waals surface area contributed by atoms with E-state index in [-0.39, 0.29) is 18.0 Å². The lowest BCUT2D eigenvalue weighted by Crippen LogP contribution is -2.38. The Balaban J connectivity index is 1.28. The van der Waals surface area contributed by atoms with E-state index in [4.69, 9.17) is 27.4 Å². The van der Waals surface area contributed by atoms with Crippen LogP contribution in [0.15, 0.2) is 35.6 Å². The van der Waals surface area contributed by atoms with Crippen molar-refractivity contribution in [3.05, 3.63) is 52.3 Å². The fourth-order valence-electron chi connectivity index (χ4n) is 5.39. The normalized spacial score (nSPS) is 22.0. The van der Waals surface area contributed by atoms with E-state index in [1.807, 2.05) is 27.7 Å². The molecule has 36 heavy (non-hydrogen) atoms. The summed E-state index contributed by atoms with van der Waals surface area (Å²) in [5, 5.41) is 14.3. The van der Waals surface area contributed by atoms with Crippen LogP contribution in [0.25, 0.3) is 5.65 Å². The van der Waals surface area contributed by atoms with E-state index in [1.54, 1.807) is 23.5 Å². The molecule has 3 N–H and O–H groups in total. The molecule has 6 rings (SSSR count). The van der Waals surface area contributed by atoms with Crippen LogP contribution in [-0.4, -0.2) is 64.1 Å². The third kappa shape index (κ3) is 4.14. The maximum Gasteiger partial charge on any atom is 0.255 e.